The first-order valence-corrected chi connectivity index (χ1v) is 6.78. The highest BCUT2D eigenvalue weighted by Crippen LogP contribution is 2.45. The molecule has 5 nitrogen and oxygen atoms in total. The molecule has 2 amide bonds. The van der Waals surface area contributed by atoms with Crippen LogP contribution in [0.2, 0.25) is 0 Å². The van der Waals surface area contributed by atoms with Crippen LogP contribution in [0.4, 0.5) is 4.79 Å². The molecule has 0 aromatic carbocycles. The standard InChI is InChI=1S/C12H16N2O3S/c15-10(16)12(4-5-12)8-14-11(17)13-6-3-9-2-1-7-18-9/h1-2,7H,3-6,8H2,(H,15,16)(H2,13,14,17). The number of amides is 2. The zero-order valence-corrected chi connectivity index (χ0v) is 10.8. The lowest BCUT2D eigenvalue weighted by Crippen LogP contribution is -2.41. The third kappa shape index (κ3) is 3.22. The van der Waals surface area contributed by atoms with Crippen LogP contribution < -0.4 is 10.6 Å². The zero-order chi connectivity index (χ0) is 13.0. The molecule has 2 rings (SSSR count). The van der Waals surface area contributed by atoms with Crippen molar-refractivity contribution in [1.29, 1.82) is 0 Å². The van der Waals surface area contributed by atoms with Crippen LogP contribution in [0.25, 0.3) is 0 Å². The summed E-state index contributed by atoms with van der Waals surface area (Å²) < 4.78 is 0. The first-order chi connectivity index (χ1) is 8.62. The Morgan fingerprint density at radius 3 is 2.72 bits per heavy atom. The van der Waals surface area contributed by atoms with E-state index in [2.05, 4.69) is 10.6 Å². The van der Waals surface area contributed by atoms with Crippen molar-refractivity contribution in [2.75, 3.05) is 13.1 Å². The van der Waals surface area contributed by atoms with Gasteiger partial charge in [0.25, 0.3) is 0 Å². The second-order valence-electron chi connectivity index (χ2n) is 4.52. The lowest BCUT2D eigenvalue weighted by molar-refractivity contribution is -0.143. The average molecular weight is 268 g/mol. The highest BCUT2D eigenvalue weighted by molar-refractivity contribution is 7.09. The number of thiophene rings is 1. The molecule has 0 saturated heterocycles. The molecule has 1 aliphatic rings. The largest absolute Gasteiger partial charge is 0.481 e. The van der Waals surface area contributed by atoms with Crippen molar-refractivity contribution < 1.29 is 14.7 Å². The predicted octanol–water partition coefficient (Wildman–Crippen LogP) is 1.45. The number of carboxylic acids is 1. The smallest absolute Gasteiger partial charge is 0.314 e. The first kappa shape index (κ1) is 12.9. The van der Waals surface area contributed by atoms with Crippen molar-refractivity contribution in [2.45, 2.75) is 19.3 Å². The van der Waals surface area contributed by atoms with Gasteiger partial charge in [0.2, 0.25) is 0 Å². The van der Waals surface area contributed by atoms with Gasteiger partial charge < -0.3 is 15.7 Å². The van der Waals surface area contributed by atoms with E-state index < -0.39 is 11.4 Å². The van der Waals surface area contributed by atoms with Gasteiger partial charge in [-0.15, -0.1) is 11.3 Å². The molecule has 0 radical (unpaired) electrons. The van der Waals surface area contributed by atoms with Gasteiger partial charge in [0, 0.05) is 18.0 Å². The molecule has 98 valence electrons. The summed E-state index contributed by atoms with van der Waals surface area (Å²) in [7, 11) is 0. The van der Waals surface area contributed by atoms with Crippen molar-refractivity contribution in [3.8, 4) is 0 Å². The van der Waals surface area contributed by atoms with Gasteiger partial charge in [-0.2, -0.15) is 0 Å². The highest BCUT2D eigenvalue weighted by Gasteiger charge is 2.50. The van der Waals surface area contributed by atoms with Gasteiger partial charge in [-0.1, -0.05) is 6.07 Å². The maximum Gasteiger partial charge on any atom is 0.314 e. The minimum Gasteiger partial charge on any atom is -0.481 e. The van der Waals surface area contributed by atoms with Crippen LogP contribution in [0.15, 0.2) is 17.5 Å². The number of aliphatic carboxylic acids is 1. The van der Waals surface area contributed by atoms with Crippen molar-refractivity contribution in [3.05, 3.63) is 22.4 Å². The Kier molecular flexibility index (Phi) is 3.86. The molecular weight excluding hydrogens is 252 g/mol. The Morgan fingerprint density at radius 1 is 1.39 bits per heavy atom. The summed E-state index contributed by atoms with van der Waals surface area (Å²) in [4.78, 5) is 23.6. The molecule has 3 N–H and O–H groups in total. The van der Waals surface area contributed by atoms with Gasteiger partial charge in [-0.3, -0.25) is 4.79 Å². The second kappa shape index (κ2) is 5.39. The molecule has 0 bridgehead atoms. The Labute approximate surface area is 109 Å². The topological polar surface area (TPSA) is 78.4 Å². The minimum absolute atomic E-state index is 0.215. The predicted molar refractivity (Wildman–Crippen MR) is 68.7 cm³/mol. The summed E-state index contributed by atoms with van der Waals surface area (Å²) in [5, 5.41) is 16.3. The Bertz CT molecular complexity index is 427. The summed E-state index contributed by atoms with van der Waals surface area (Å²) in [5.41, 5.74) is -0.703. The van der Waals surface area contributed by atoms with E-state index in [9.17, 15) is 9.59 Å². The molecule has 0 aliphatic heterocycles. The molecule has 1 fully saturated rings. The van der Waals surface area contributed by atoms with Crippen LogP contribution in [-0.2, 0) is 11.2 Å². The van der Waals surface area contributed by atoms with E-state index in [4.69, 9.17) is 5.11 Å². The zero-order valence-electron chi connectivity index (χ0n) is 9.94. The van der Waals surface area contributed by atoms with E-state index in [0.29, 0.717) is 19.4 Å². The molecule has 0 spiro atoms. The average Bonchev–Trinajstić information content (AvgIpc) is 2.97. The van der Waals surface area contributed by atoms with Crippen LogP contribution in [-0.4, -0.2) is 30.2 Å². The third-order valence-corrected chi connectivity index (χ3v) is 4.07. The van der Waals surface area contributed by atoms with Crippen LogP contribution in [0, 0.1) is 5.41 Å². The van der Waals surface area contributed by atoms with Gasteiger partial charge in [0.05, 0.1) is 5.41 Å². The molecule has 1 aromatic rings. The van der Waals surface area contributed by atoms with E-state index in [-0.39, 0.29) is 12.6 Å². The minimum atomic E-state index is -0.818. The van der Waals surface area contributed by atoms with Crippen LogP contribution >= 0.6 is 11.3 Å². The van der Waals surface area contributed by atoms with Gasteiger partial charge in [-0.25, -0.2) is 4.79 Å². The second-order valence-corrected chi connectivity index (χ2v) is 5.56. The fourth-order valence-corrected chi connectivity index (χ4v) is 2.39. The van der Waals surface area contributed by atoms with E-state index >= 15 is 0 Å². The fourth-order valence-electron chi connectivity index (χ4n) is 1.68. The summed E-state index contributed by atoms with van der Waals surface area (Å²) in [6.07, 6.45) is 2.10. The number of hydrogen-bond acceptors (Lipinski definition) is 3. The lowest BCUT2D eigenvalue weighted by atomic mass is 10.1. The molecule has 1 aliphatic carbocycles. The van der Waals surface area contributed by atoms with E-state index in [1.165, 1.54) is 4.88 Å². The maximum absolute atomic E-state index is 11.5. The molecular formula is C12H16N2O3S. The van der Waals surface area contributed by atoms with Crippen molar-refractivity contribution in [1.82, 2.24) is 10.6 Å². The summed E-state index contributed by atoms with van der Waals surface area (Å²) in [6, 6.07) is 3.71. The molecule has 0 unspecified atom stereocenters. The fraction of sp³-hybridized carbons (Fsp3) is 0.500. The SMILES string of the molecule is O=C(NCCc1cccs1)NCC1(C(=O)O)CC1. The highest BCUT2D eigenvalue weighted by atomic mass is 32.1. The van der Waals surface area contributed by atoms with Gasteiger partial charge >= 0.3 is 12.0 Å². The number of carbonyl (C=O) groups excluding carboxylic acids is 1. The molecule has 0 atom stereocenters. The van der Waals surface area contributed by atoms with Gasteiger partial charge in [0.1, 0.15) is 0 Å². The molecule has 1 aromatic heterocycles. The lowest BCUT2D eigenvalue weighted by Gasteiger charge is -2.11. The summed E-state index contributed by atoms with van der Waals surface area (Å²) >= 11 is 1.66. The van der Waals surface area contributed by atoms with Crippen molar-refractivity contribution in [2.24, 2.45) is 5.41 Å². The maximum atomic E-state index is 11.5. The quantitative estimate of drug-likeness (QED) is 0.730. The Morgan fingerprint density at radius 2 is 2.17 bits per heavy atom. The summed E-state index contributed by atoms with van der Waals surface area (Å²) in [6.45, 7) is 0.777. The van der Waals surface area contributed by atoms with Crippen molar-refractivity contribution >= 4 is 23.3 Å². The normalized spacial score (nSPS) is 16.0. The number of carbonyl (C=O) groups is 2. The number of hydrogen-bond donors (Lipinski definition) is 3. The number of urea groups is 1. The number of nitrogens with one attached hydrogen (secondary N) is 2. The van der Waals surface area contributed by atoms with Crippen LogP contribution in [0.5, 0.6) is 0 Å². The van der Waals surface area contributed by atoms with Gasteiger partial charge in [0.15, 0.2) is 0 Å². The Balaban J connectivity index is 1.62. The van der Waals surface area contributed by atoms with Crippen LogP contribution in [0.1, 0.15) is 17.7 Å². The monoisotopic (exact) mass is 268 g/mol. The van der Waals surface area contributed by atoms with Crippen LogP contribution in [0.3, 0.4) is 0 Å². The van der Waals surface area contributed by atoms with E-state index in [1.807, 2.05) is 17.5 Å². The molecule has 1 heterocycles. The third-order valence-electron chi connectivity index (χ3n) is 3.13. The van der Waals surface area contributed by atoms with E-state index in [0.717, 1.165) is 6.42 Å². The number of carboxylic acid groups (broad SMARTS) is 1. The molecule has 6 heteroatoms. The molecule has 18 heavy (non-hydrogen) atoms. The van der Waals surface area contributed by atoms with Crippen molar-refractivity contribution in [3.63, 3.8) is 0 Å². The van der Waals surface area contributed by atoms with E-state index in [1.54, 1.807) is 11.3 Å². The first-order valence-electron chi connectivity index (χ1n) is 5.90. The molecule has 1 saturated carbocycles. The number of rotatable bonds is 6. The van der Waals surface area contributed by atoms with Gasteiger partial charge in [-0.05, 0) is 30.7 Å². The summed E-state index contributed by atoms with van der Waals surface area (Å²) in [5.74, 6) is -0.818. The Hall–Kier alpha value is -1.56.